The van der Waals surface area contributed by atoms with Gasteiger partial charge in [-0.05, 0) is 19.3 Å². The molecule has 0 saturated carbocycles. The van der Waals surface area contributed by atoms with Gasteiger partial charge in [0.2, 0.25) is 0 Å². The smallest absolute Gasteiger partial charge is 0.150 e. The van der Waals surface area contributed by atoms with Gasteiger partial charge in [0.25, 0.3) is 0 Å². The van der Waals surface area contributed by atoms with E-state index in [0.29, 0.717) is 12.8 Å². The van der Waals surface area contributed by atoms with Crippen molar-refractivity contribution in [3.63, 3.8) is 0 Å². The summed E-state index contributed by atoms with van der Waals surface area (Å²) < 4.78 is 22.7. The second-order valence-electron chi connectivity index (χ2n) is 4.79. The van der Waals surface area contributed by atoms with Crippen LogP contribution in [0.5, 0.6) is 0 Å². The fraction of sp³-hybridized carbons (Fsp3) is 0.667. The van der Waals surface area contributed by atoms with Crippen LogP contribution in [0.2, 0.25) is 0 Å². The molecule has 1 aliphatic heterocycles. The Morgan fingerprint density at radius 2 is 1.95 bits per heavy atom. The van der Waals surface area contributed by atoms with E-state index in [2.05, 4.69) is 27.5 Å². The van der Waals surface area contributed by atoms with Crippen LogP contribution in [0.15, 0.2) is 12.4 Å². The summed E-state index contributed by atoms with van der Waals surface area (Å²) in [5.74, 6) is 2.06. The van der Waals surface area contributed by atoms with Crippen molar-refractivity contribution in [2.24, 2.45) is 0 Å². The van der Waals surface area contributed by atoms with Crippen LogP contribution in [-0.2, 0) is 9.84 Å². The number of sulfone groups is 1. The molecule has 2 N–H and O–H groups in total. The maximum atomic E-state index is 11.4. The number of hydrogen-bond acceptors (Lipinski definition) is 6. The Bertz CT molecular complexity index is 504. The lowest BCUT2D eigenvalue weighted by Crippen LogP contribution is -2.32. The van der Waals surface area contributed by atoms with E-state index in [1.165, 1.54) is 6.33 Å². The maximum absolute atomic E-state index is 11.4. The van der Waals surface area contributed by atoms with Gasteiger partial charge in [-0.3, -0.25) is 0 Å². The number of rotatable bonds is 5. The van der Waals surface area contributed by atoms with Crippen LogP contribution in [0.25, 0.3) is 0 Å². The first-order chi connectivity index (χ1) is 9.09. The summed E-state index contributed by atoms with van der Waals surface area (Å²) in [4.78, 5) is 8.30. The molecule has 0 aromatic carbocycles. The molecule has 0 aliphatic carbocycles. The molecule has 0 atom stereocenters. The second kappa shape index (κ2) is 6.18. The number of nitrogens with one attached hydrogen (secondary N) is 2. The molecule has 1 saturated heterocycles. The van der Waals surface area contributed by atoms with E-state index < -0.39 is 9.84 Å². The van der Waals surface area contributed by atoms with Gasteiger partial charge in [0.1, 0.15) is 27.8 Å². The lowest BCUT2D eigenvalue weighted by Gasteiger charge is -2.23. The highest BCUT2D eigenvalue weighted by atomic mass is 32.2. The molecule has 1 fully saturated rings. The van der Waals surface area contributed by atoms with E-state index in [1.807, 2.05) is 6.07 Å². The average molecular weight is 284 g/mol. The van der Waals surface area contributed by atoms with Crippen molar-refractivity contribution in [1.82, 2.24) is 9.97 Å². The van der Waals surface area contributed by atoms with E-state index >= 15 is 0 Å². The standard InChI is InChI=1S/C12H20N4O2S/c1-2-5-13-11-8-12(15-9-14-11)16-10-3-6-19(17,18)7-4-10/h8-10H,2-7H2,1H3,(H2,13,14,15,16). The van der Waals surface area contributed by atoms with Crippen LogP contribution < -0.4 is 10.6 Å². The third kappa shape index (κ3) is 4.34. The zero-order valence-corrected chi connectivity index (χ0v) is 11.9. The first-order valence-corrected chi connectivity index (χ1v) is 8.44. The molecule has 19 heavy (non-hydrogen) atoms. The van der Waals surface area contributed by atoms with Crippen molar-refractivity contribution in [3.8, 4) is 0 Å². The molecule has 0 unspecified atom stereocenters. The molecule has 7 heteroatoms. The Kier molecular flexibility index (Phi) is 4.57. The van der Waals surface area contributed by atoms with Gasteiger partial charge in [0.15, 0.2) is 0 Å². The Hall–Kier alpha value is -1.37. The number of nitrogens with zero attached hydrogens (tertiary/aromatic N) is 2. The van der Waals surface area contributed by atoms with Gasteiger partial charge in [0.05, 0.1) is 11.5 Å². The normalized spacial score (nSPS) is 19.0. The van der Waals surface area contributed by atoms with Gasteiger partial charge in [-0.25, -0.2) is 18.4 Å². The Labute approximate surface area is 114 Å². The number of anilines is 2. The molecular weight excluding hydrogens is 264 g/mol. The molecule has 2 heterocycles. The Balaban J connectivity index is 1.92. The summed E-state index contributed by atoms with van der Waals surface area (Å²) in [7, 11) is -2.81. The van der Waals surface area contributed by atoms with Crippen molar-refractivity contribution in [3.05, 3.63) is 12.4 Å². The zero-order valence-electron chi connectivity index (χ0n) is 11.1. The molecule has 1 aromatic heterocycles. The van der Waals surface area contributed by atoms with Gasteiger partial charge in [-0.15, -0.1) is 0 Å². The largest absolute Gasteiger partial charge is 0.370 e. The molecule has 1 aromatic rings. The van der Waals surface area contributed by atoms with Gasteiger partial charge in [0, 0.05) is 18.7 Å². The van der Waals surface area contributed by atoms with E-state index in [9.17, 15) is 8.42 Å². The van der Waals surface area contributed by atoms with Crippen LogP contribution in [0.3, 0.4) is 0 Å². The summed E-state index contributed by atoms with van der Waals surface area (Å²) in [6.07, 6.45) is 3.83. The Morgan fingerprint density at radius 3 is 2.63 bits per heavy atom. The lowest BCUT2D eigenvalue weighted by atomic mass is 10.1. The fourth-order valence-electron chi connectivity index (χ4n) is 2.03. The lowest BCUT2D eigenvalue weighted by molar-refractivity contribution is 0.559. The summed E-state index contributed by atoms with van der Waals surface area (Å²) >= 11 is 0. The van der Waals surface area contributed by atoms with Gasteiger partial charge in [-0.1, -0.05) is 6.92 Å². The van der Waals surface area contributed by atoms with Crippen LogP contribution in [-0.4, -0.2) is 42.5 Å². The highest BCUT2D eigenvalue weighted by molar-refractivity contribution is 7.91. The highest BCUT2D eigenvalue weighted by Gasteiger charge is 2.23. The van der Waals surface area contributed by atoms with Gasteiger partial charge in [-0.2, -0.15) is 0 Å². The van der Waals surface area contributed by atoms with E-state index in [4.69, 9.17) is 0 Å². The summed E-state index contributed by atoms with van der Waals surface area (Å²) in [6.45, 7) is 2.97. The molecule has 6 nitrogen and oxygen atoms in total. The van der Waals surface area contributed by atoms with Crippen molar-refractivity contribution < 1.29 is 8.42 Å². The molecular formula is C12H20N4O2S. The maximum Gasteiger partial charge on any atom is 0.150 e. The van der Waals surface area contributed by atoms with Crippen molar-refractivity contribution in [1.29, 1.82) is 0 Å². The van der Waals surface area contributed by atoms with Crippen LogP contribution >= 0.6 is 0 Å². The minimum absolute atomic E-state index is 0.178. The minimum Gasteiger partial charge on any atom is -0.370 e. The third-order valence-corrected chi connectivity index (χ3v) is 4.85. The average Bonchev–Trinajstić information content (AvgIpc) is 2.39. The predicted molar refractivity (Wildman–Crippen MR) is 76.1 cm³/mol. The first kappa shape index (κ1) is 14.0. The predicted octanol–water partition coefficient (Wildman–Crippen LogP) is 1.29. The van der Waals surface area contributed by atoms with E-state index in [1.54, 1.807) is 0 Å². The molecule has 2 rings (SSSR count). The number of hydrogen-bond donors (Lipinski definition) is 2. The number of aromatic nitrogens is 2. The van der Waals surface area contributed by atoms with E-state index in [-0.39, 0.29) is 17.5 Å². The summed E-state index contributed by atoms with van der Waals surface area (Å²) in [5, 5.41) is 6.48. The van der Waals surface area contributed by atoms with Crippen LogP contribution in [0, 0.1) is 0 Å². The monoisotopic (exact) mass is 284 g/mol. The summed E-state index contributed by atoms with van der Waals surface area (Å²) in [5.41, 5.74) is 0. The second-order valence-corrected chi connectivity index (χ2v) is 7.09. The Morgan fingerprint density at radius 1 is 1.26 bits per heavy atom. The SMILES string of the molecule is CCCNc1cc(NC2CCS(=O)(=O)CC2)ncn1. The van der Waals surface area contributed by atoms with Crippen LogP contribution in [0.1, 0.15) is 26.2 Å². The van der Waals surface area contributed by atoms with Crippen molar-refractivity contribution in [2.45, 2.75) is 32.2 Å². The first-order valence-electron chi connectivity index (χ1n) is 6.62. The quantitative estimate of drug-likeness (QED) is 0.847. The molecule has 0 radical (unpaired) electrons. The van der Waals surface area contributed by atoms with E-state index in [0.717, 1.165) is 24.6 Å². The topological polar surface area (TPSA) is 84.0 Å². The molecule has 0 amide bonds. The minimum atomic E-state index is -2.81. The van der Waals surface area contributed by atoms with Crippen LogP contribution in [0.4, 0.5) is 11.6 Å². The zero-order chi connectivity index (χ0) is 13.7. The van der Waals surface area contributed by atoms with Gasteiger partial charge < -0.3 is 10.6 Å². The van der Waals surface area contributed by atoms with Gasteiger partial charge >= 0.3 is 0 Å². The molecule has 106 valence electrons. The molecule has 0 spiro atoms. The highest BCUT2D eigenvalue weighted by Crippen LogP contribution is 2.17. The fourth-order valence-corrected chi connectivity index (χ4v) is 3.52. The third-order valence-electron chi connectivity index (χ3n) is 3.13. The molecule has 1 aliphatic rings. The summed E-state index contributed by atoms with van der Waals surface area (Å²) in [6, 6.07) is 2.04. The molecule has 0 bridgehead atoms. The van der Waals surface area contributed by atoms with Crippen molar-refractivity contribution in [2.75, 3.05) is 28.7 Å². The van der Waals surface area contributed by atoms with Crippen molar-refractivity contribution >= 4 is 21.5 Å².